The molecule has 0 spiro atoms. The molecule has 3 rings (SSSR count). The van der Waals surface area contributed by atoms with Crippen molar-refractivity contribution in [2.75, 3.05) is 0 Å². The number of ether oxygens (including phenoxy) is 2. The molecule has 0 aliphatic heterocycles. The lowest BCUT2D eigenvalue weighted by Gasteiger charge is -2.21. The predicted molar refractivity (Wildman–Crippen MR) is 126 cm³/mol. The monoisotopic (exact) mass is 510 g/mol. The first kappa shape index (κ1) is 27.4. The van der Waals surface area contributed by atoms with Crippen molar-refractivity contribution in [1.82, 2.24) is 0 Å². The Morgan fingerprint density at radius 1 is 0.639 bits per heavy atom. The number of benzene rings is 3. The van der Waals surface area contributed by atoms with Crippen LogP contribution in [-0.4, -0.2) is 0 Å². The zero-order valence-electron chi connectivity index (χ0n) is 20.1. The Morgan fingerprint density at radius 3 is 1.81 bits per heavy atom. The van der Waals surface area contributed by atoms with Crippen molar-refractivity contribution in [3.8, 4) is 11.5 Å². The second kappa shape index (κ2) is 11.7. The van der Waals surface area contributed by atoms with Gasteiger partial charge in [0.1, 0.15) is 17.1 Å². The van der Waals surface area contributed by atoms with Gasteiger partial charge in [-0.15, -0.1) is 0 Å². The molecule has 194 valence electrons. The van der Waals surface area contributed by atoms with Crippen molar-refractivity contribution in [2.24, 2.45) is 0 Å². The highest BCUT2D eigenvalue weighted by Crippen LogP contribution is 2.37. The maximum atomic E-state index is 14.6. The number of unbranched alkanes of at least 4 members (excludes halogenated alkanes) is 3. The molecule has 3 aromatic rings. The van der Waals surface area contributed by atoms with Crippen molar-refractivity contribution >= 4 is 0 Å². The summed E-state index contributed by atoms with van der Waals surface area (Å²) >= 11 is 0. The molecule has 0 saturated heterocycles. The minimum atomic E-state index is -4.23. The van der Waals surface area contributed by atoms with Gasteiger partial charge in [-0.25, -0.2) is 8.78 Å². The summed E-state index contributed by atoms with van der Waals surface area (Å²) < 4.78 is 96.5. The molecule has 0 saturated carbocycles. The Hall–Kier alpha value is -3.16. The van der Waals surface area contributed by atoms with Crippen LogP contribution < -0.4 is 9.47 Å². The van der Waals surface area contributed by atoms with E-state index in [2.05, 4.69) is 4.74 Å². The maximum absolute atomic E-state index is 14.6. The maximum Gasteiger partial charge on any atom is 0.429 e. The molecule has 2 nitrogen and oxygen atoms in total. The van der Waals surface area contributed by atoms with Gasteiger partial charge in [0.25, 0.3) is 0 Å². The van der Waals surface area contributed by atoms with Crippen molar-refractivity contribution < 1.29 is 35.8 Å². The van der Waals surface area contributed by atoms with E-state index in [4.69, 9.17) is 4.74 Å². The largest absolute Gasteiger partial charge is 0.429 e. The molecule has 0 N–H and O–H groups in total. The first-order valence-corrected chi connectivity index (χ1v) is 11.9. The van der Waals surface area contributed by atoms with Gasteiger partial charge in [0.2, 0.25) is 0 Å². The summed E-state index contributed by atoms with van der Waals surface area (Å²) in [6.45, 7) is 3.93. The average molecular weight is 511 g/mol. The van der Waals surface area contributed by atoms with E-state index < -0.39 is 40.7 Å². The molecule has 8 heteroatoms. The Bertz CT molecular complexity index is 1130. The van der Waals surface area contributed by atoms with Crippen LogP contribution >= 0.6 is 0 Å². The molecule has 0 fully saturated rings. The molecule has 0 aromatic heterocycles. The molecule has 0 radical (unpaired) electrons. The van der Waals surface area contributed by atoms with E-state index in [0.717, 1.165) is 67.6 Å². The zero-order chi connectivity index (χ0) is 26.3. The molecule has 36 heavy (non-hydrogen) atoms. The molecule has 0 aliphatic carbocycles. The van der Waals surface area contributed by atoms with E-state index in [9.17, 15) is 26.3 Å². The third-order valence-electron chi connectivity index (χ3n) is 5.79. The fraction of sp³-hybridized carbons (Fsp3) is 0.357. The Labute approximate surface area is 206 Å². The van der Waals surface area contributed by atoms with Gasteiger partial charge < -0.3 is 9.47 Å². The van der Waals surface area contributed by atoms with E-state index in [1.807, 2.05) is 13.8 Å². The molecule has 0 bridgehead atoms. The summed E-state index contributed by atoms with van der Waals surface area (Å²) in [7, 11) is 0. The molecule has 0 atom stereocenters. The second-order valence-electron chi connectivity index (χ2n) is 8.47. The lowest BCUT2D eigenvalue weighted by Crippen LogP contribution is -2.25. The Kier molecular flexibility index (Phi) is 8.93. The van der Waals surface area contributed by atoms with Crippen molar-refractivity contribution in [2.45, 2.75) is 64.6 Å². The minimum absolute atomic E-state index is 0.0130. The van der Waals surface area contributed by atoms with Gasteiger partial charge in [0.15, 0.2) is 11.6 Å². The fourth-order valence-corrected chi connectivity index (χ4v) is 3.67. The van der Waals surface area contributed by atoms with Crippen LogP contribution in [0, 0.1) is 11.6 Å². The molecule has 0 heterocycles. The number of hydrogen-bond acceptors (Lipinski definition) is 2. The first-order valence-electron chi connectivity index (χ1n) is 11.9. The van der Waals surface area contributed by atoms with Crippen LogP contribution in [0.25, 0.3) is 0 Å². The van der Waals surface area contributed by atoms with Gasteiger partial charge in [0, 0.05) is 0 Å². The van der Waals surface area contributed by atoms with Gasteiger partial charge in [-0.3, -0.25) is 0 Å². The van der Waals surface area contributed by atoms with Crippen LogP contribution in [0.5, 0.6) is 11.5 Å². The molecular formula is C28H28F6O2. The van der Waals surface area contributed by atoms with Crippen LogP contribution in [0.2, 0.25) is 0 Å². The molecule has 0 aliphatic rings. The third-order valence-corrected chi connectivity index (χ3v) is 5.79. The molecule has 0 unspecified atom stereocenters. The van der Waals surface area contributed by atoms with E-state index >= 15 is 0 Å². The second-order valence-corrected chi connectivity index (χ2v) is 8.47. The summed E-state index contributed by atoms with van der Waals surface area (Å²) in [5, 5.41) is 0. The van der Waals surface area contributed by atoms with E-state index in [0.29, 0.717) is 6.42 Å². The van der Waals surface area contributed by atoms with Crippen molar-refractivity contribution in [1.29, 1.82) is 0 Å². The average Bonchev–Trinajstić information content (AvgIpc) is 2.84. The minimum Gasteiger partial charge on any atom is -0.429 e. The number of hydrogen-bond donors (Lipinski definition) is 0. The SMILES string of the molecule is CCCCCCc1ccc(C(F)(F)Oc2ccc(C(F)(F)Oc3ccc(CC)cc3)cc2)c(F)c1F. The number of alkyl halides is 4. The highest BCUT2D eigenvalue weighted by Gasteiger charge is 2.40. The highest BCUT2D eigenvalue weighted by atomic mass is 19.3. The quantitative estimate of drug-likeness (QED) is 0.179. The van der Waals surface area contributed by atoms with Gasteiger partial charge >= 0.3 is 12.2 Å². The van der Waals surface area contributed by atoms with Crippen LogP contribution in [0.1, 0.15) is 61.8 Å². The summed E-state index contributed by atoms with van der Waals surface area (Å²) in [5.41, 5.74) is -0.905. The standard InChI is InChI=1S/C28H28F6O2/c1-3-5-6-7-8-20-11-18-24(26(30)25(20)29)28(33,34)36-23-16-12-21(13-17-23)27(31,32)35-22-14-9-19(4-2)10-15-22/h9-18H,3-8H2,1-2H3. The van der Waals surface area contributed by atoms with Gasteiger partial charge in [-0.1, -0.05) is 51.3 Å². The number of rotatable bonds is 12. The smallest absolute Gasteiger partial charge is 0.429 e. The number of aryl methyl sites for hydroxylation is 2. The lowest BCUT2D eigenvalue weighted by molar-refractivity contribution is -0.188. The summed E-state index contributed by atoms with van der Waals surface area (Å²) in [6, 6.07) is 11.5. The van der Waals surface area contributed by atoms with E-state index in [-0.39, 0.29) is 17.7 Å². The normalized spacial score (nSPS) is 12.0. The summed E-state index contributed by atoms with van der Waals surface area (Å²) in [6.07, 6.45) is -3.65. The van der Waals surface area contributed by atoms with Crippen molar-refractivity contribution in [3.05, 3.63) is 94.6 Å². The van der Waals surface area contributed by atoms with Gasteiger partial charge in [0.05, 0.1) is 5.56 Å². The van der Waals surface area contributed by atoms with E-state index in [1.165, 1.54) is 12.1 Å². The van der Waals surface area contributed by atoms with Gasteiger partial charge in [-0.05, 0) is 72.9 Å². The fourth-order valence-electron chi connectivity index (χ4n) is 3.67. The Balaban J connectivity index is 1.70. The Morgan fingerprint density at radius 2 is 1.22 bits per heavy atom. The third kappa shape index (κ3) is 6.74. The number of halogens is 6. The molecule has 0 amide bonds. The molecule has 3 aromatic carbocycles. The first-order chi connectivity index (χ1) is 17.1. The van der Waals surface area contributed by atoms with Gasteiger partial charge in [-0.2, -0.15) is 17.6 Å². The van der Waals surface area contributed by atoms with Crippen LogP contribution in [-0.2, 0) is 25.1 Å². The lowest BCUT2D eigenvalue weighted by atomic mass is 10.0. The van der Waals surface area contributed by atoms with Crippen molar-refractivity contribution in [3.63, 3.8) is 0 Å². The zero-order valence-corrected chi connectivity index (χ0v) is 20.1. The predicted octanol–water partition coefficient (Wildman–Crippen LogP) is 8.91. The van der Waals surface area contributed by atoms with Crippen LogP contribution in [0.3, 0.4) is 0 Å². The summed E-state index contributed by atoms with van der Waals surface area (Å²) in [5.74, 6) is -3.60. The summed E-state index contributed by atoms with van der Waals surface area (Å²) in [4.78, 5) is 0. The van der Waals surface area contributed by atoms with E-state index in [1.54, 1.807) is 12.1 Å². The topological polar surface area (TPSA) is 18.5 Å². The highest BCUT2D eigenvalue weighted by molar-refractivity contribution is 5.34. The molecular weight excluding hydrogens is 482 g/mol. The van der Waals surface area contributed by atoms with Crippen LogP contribution in [0.4, 0.5) is 26.3 Å². The van der Waals surface area contributed by atoms with Crippen LogP contribution in [0.15, 0.2) is 60.7 Å².